The van der Waals surface area contributed by atoms with E-state index in [2.05, 4.69) is 55.2 Å². The van der Waals surface area contributed by atoms with E-state index >= 15 is 0 Å². The Morgan fingerprint density at radius 1 is 0.955 bits per heavy atom. The minimum Gasteiger partial charge on any atom is -0.395 e. The second-order valence-corrected chi connectivity index (χ2v) is 5.31. The quantitative estimate of drug-likeness (QED) is 0.393. The topological polar surface area (TPSA) is 18.5 Å². The van der Waals surface area contributed by atoms with Crippen molar-refractivity contribution in [2.75, 3.05) is 20.0 Å². The van der Waals surface area contributed by atoms with Crippen molar-refractivity contribution in [3.05, 3.63) is 35.9 Å². The van der Waals surface area contributed by atoms with E-state index in [1.54, 1.807) is 13.8 Å². The van der Waals surface area contributed by atoms with Gasteiger partial charge >= 0.3 is 0 Å². The van der Waals surface area contributed by atoms with E-state index in [9.17, 15) is 0 Å². The molecule has 0 aromatic heterocycles. The molecule has 1 aromatic rings. The molecule has 0 N–H and O–H groups in total. The molecule has 0 saturated carbocycles. The van der Waals surface area contributed by atoms with Crippen molar-refractivity contribution in [3.63, 3.8) is 0 Å². The number of quaternary nitrogens is 1. The number of unbranched alkanes of at least 4 members (excludes halogenated alkanes) is 1. The van der Waals surface area contributed by atoms with Gasteiger partial charge in [0.25, 0.3) is 0 Å². The van der Waals surface area contributed by atoms with E-state index in [1.807, 2.05) is 6.07 Å². The highest BCUT2D eigenvalue weighted by Gasteiger charge is 2.29. The number of ether oxygens (including phenoxy) is 2. The lowest BCUT2D eigenvalue weighted by molar-refractivity contribution is -0.971. The van der Waals surface area contributed by atoms with Gasteiger partial charge in [-0.05, 0) is 6.42 Å². The summed E-state index contributed by atoms with van der Waals surface area (Å²) in [5.41, 5.74) is 1.26. The van der Waals surface area contributed by atoms with Crippen LogP contribution in [0.15, 0.2) is 30.3 Å². The summed E-state index contributed by atoms with van der Waals surface area (Å²) in [6.45, 7) is 8.56. The summed E-state index contributed by atoms with van der Waals surface area (Å²) >= 11 is 0. The van der Waals surface area contributed by atoms with Gasteiger partial charge in [0.15, 0.2) is 0 Å². The first-order valence-electron chi connectivity index (χ1n) is 7.72. The van der Waals surface area contributed by atoms with E-state index in [4.69, 9.17) is 9.47 Å². The van der Waals surface area contributed by atoms with Crippen LogP contribution in [0.2, 0.25) is 0 Å². The monoisotopic (exact) mass is 300 g/mol. The molecule has 0 bridgehead atoms. The van der Waals surface area contributed by atoms with Gasteiger partial charge in [-0.25, -0.2) is 0 Å². The van der Waals surface area contributed by atoms with Crippen LogP contribution in [-0.2, 0) is 16.0 Å². The third-order valence-electron chi connectivity index (χ3n) is 3.37. The highest BCUT2D eigenvalue weighted by atomic mass is 16.5. The lowest BCUT2D eigenvalue weighted by Gasteiger charge is -2.35. The molecule has 3 nitrogen and oxygen atoms in total. The molecular weight excluding hydrogens is 274 g/mol. The van der Waals surface area contributed by atoms with Gasteiger partial charge in [0.1, 0.15) is 18.8 Å². The highest BCUT2D eigenvalue weighted by molar-refractivity contribution is 5.13. The van der Waals surface area contributed by atoms with Gasteiger partial charge < -0.3 is 9.47 Å². The molecule has 22 heavy (non-hydrogen) atoms. The van der Waals surface area contributed by atoms with Crippen molar-refractivity contribution in [2.45, 2.75) is 40.2 Å². The molecule has 0 unspecified atom stereocenters. The van der Waals surface area contributed by atoms with Crippen LogP contribution < -0.4 is 0 Å². The Morgan fingerprint density at radius 3 is 2.05 bits per heavy atom. The lowest BCUT2D eigenvalue weighted by atomic mass is 10.2. The first kappa shape index (κ1) is 18.0. The maximum absolute atomic E-state index is 5.53. The minimum absolute atomic E-state index is 0.501. The molecule has 118 valence electrons. The van der Waals surface area contributed by atoms with Gasteiger partial charge in [0.05, 0.1) is 6.54 Å². The molecule has 0 fully saturated rings. The van der Waals surface area contributed by atoms with Gasteiger partial charge in [-0.3, -0.25) is 4.48 Å². The Bertz CT molecular complexity index is 507. The molecule has 0 spiro atoms. The van der Waals surface area contributed by atoms with Gasteiger partial charge in [0, 0.05) is 19.4 Å². The third-order valence-corrected chi connectivity index (χ3v) is 3.37. The second kappa shape index (κ2) is 10.6. The number of hydrogen-bond acceptors (Lipinski definition) is 2. The van der Waals surface area contributed by atoms with Crippen molar-refractivity contribution >= 4 is 0 Å². The number of hydrogen-bond donors (Lipinski definition) is 0. The summed E-state index contributed by atoms with van der Waals surface area (Å²) in [7, 11) is 0. The zero-order valence-corrected chi connectivity index (χ0v) is 13.9. The number of benzene rings is 1. The van der Waals surface area contributed by atoms with Crippen molar-refractivity contribution in [2.24, 2.45) is 0 Å². The summed E-state index contributed by atoms with van der Waals surface area (Å²) in [6.07, 6.45) is 7.64. The van der Waals surface area contributed by atoms with E-state index in [-0.39, 0.29) is 0 Å². The largest absolute Gasteiger partial charge is 0.395 e. The normalized spacial score (nSPS) is 9.95. The Labute approximate surface area is 134 Å². The average Bonchev–Trinajstić information content (AvgIpc) is 2.54. The average molecular weight is 300 g/mol. The molecule has 0 radical (unpaired) electrons. The fraction of sp³-hybridized carbons (Fsp3) is 0.474. The summed E-state index contributed by atoms with van der Waals surface area (Å²) in [4.78, 5) is 0. The summed E-state index contributed by atoms with van der Waals surface area (Å²) < 4.78 is 11.7. The lowest BCUT2D eigenvalue weighted by Crippen LogP contribution is -2.50. The first-order chi connectivity index (χ1) is 10.8. The molecule has 0 heterocycles. The van der Waals surface area contributed by atoms with Crippen LogP contribution in [0, 0.1) is 24.1 Å². The second-order valence-electron chi connectivity index (χ2n) is 5.31. The van der Waals surface area contributed by atoms with Crippen molar-refractivity contribution in [3.8, 4) is 24.1 Å². The Hall–Kier alpha value is -2.10. The van der Waals surface area contributed by atoms with Gasteiger partial charge in [-0.15, -0.1) is 0 Å². The molecule has 0 aliphatic carbocycles. The van der Waals surface area contributed by atoms with Crippen molar-refractivity contribution in [1.29, 1.82) is 0 Å². The van der Waals surface area contributed by atoms with Crippen LogP contribution in [0.4, 0.5) is 0 Å². The molecule has 1 aromatic carbocycles. The van der Waals surface area contributed by atoms with Gasteiger partial charge in [-0.2, -0.15) is 0 Å². The van der Waals surface area contributed by atoms with Gasteiger partial charge in [0.2, 0.25) is 13.5 Å². The molecule has 1 rings (SSSR count). The van der Waals surface area contributed by atoms with E-state index in [0.717, 1.165) is 25.9 Å². The van der Waals surface area contributed by atoms with Crippen LogP contribution in [0.1, 0.15) is 39.2 Å². The fourth-order valence-electron chi connectivity index (χ4n) is 2.28. The number of rotatable bonds is 9. The predicted molar refractivity (Wildman–Crippen MR) is 89.0 cm³/mol. The summed E-state index contributed by atoms with van der Waals surface area (Å²) in [5, 5.41) is 0. The summed E-state index contributed by atoms with van der Waals surface area (Å²) in [6, 6.07) is 10.4. The SMILES string of the molecule is CC#COC[N+](CCCC)(COC#CC)Cc1ccccc1. The third kappa shape index (κ3) is 6.57. The molecule has 0 aliphatic rings. The Morgan fingerprint density at radius 2 is 1.55 bits per heavy atom. The smallest absolute Gasteiger partial charge is 0.237 e. The fourth-order valence-corrected chi connectivity index (χ4v) is 2.28. The Balaban J connectivity index is 2.91. The van der Waals surface area contributed by atoms with Crippen LogP contribution >= 0.6 is 0 Å². The molecule has 0 aliphatic heterocycles. The molecule has 0 amide bonds. The molecule has 0 atom stereocenters. The maximum atomic E-state index is 5.53. The molecule has 0 saturated heterocycles. The van der Waals surface area contributed by atoms with E-state index in [0.29, 0.717) is 17.9 Å². The van der Waals surface area contributed by atoms with Crippen LogP contribution in [0.25, 0.3) is 0 Å². The zero-order valence-electron chi connectivity index (χ0n) is 13.9. The molecular formula is C19H26NO2+. The highest BCUT2D eigenvalue weighted by Crippen LogP contribution is 2.17. The van der Waals surface area contributed by atoms with Crippen LogP contribution in [0.3, 0.4) is 0 Å². The maximum Gasteiger partial charge on any atom is 0.237 e. The minimum atomic E-state index is 0.501. The Kier molecular flexibility index (Phi) is 8.65. The zero-order chi connectivity index (χ0) is 16.1. The van der Waals surface area contributed by atoms with Gasteiger partial charge in [-0.1, -0.05) is 55.5 Å². The van der Waals surface area contributed by atoms with Crippen LogP contribution in [0.5, 0.6) is 0 Å². The molecule has 3 heteroatoms. The van der Waals surface area contributed by atoms with Crippen molar-refractivity contribution in [1.82, 2.24) is 0 Å². The standard InChI is InChI=1S/C19H26NO2/c1-4-7-13-20(17-21-14-5-2,18-22-15-6-3)16-19-11-9-8-10-12-19/h8-12H,4,7,13,16-18H2,1-3H3/q+1. The van der Waals surface area contributed by atoms with E-state index in [1.165, 1.54) is 5.56 Å². The van der Waals surface area contributed by atoms with Crippen molar-refractivity contribution < 1.29 is 14.0 Å². The predicted octanol–water partition coefficient (Wildman–Crippen LogP) is 3.71. The summed E-state index contributed by atoms with van der Waals surface area (Å²) in [5.74, 6) is 5.55. The van der Waals surface area contributed by atoms with E-state index < -0.39 is 0 Å². The number of nitrogens with zero attached hydrogens (tertiary/aromatic N) is 1. The van der Waals surface area contributed by atoms with Crippen LogP contribution in [-0.4, -0.2) is 24.5 Å². The first-order valence-corrected chi connectivity index (χ1v) is 7.72.